The van der Waals surface area contributed by atoms with E-state index in [9.17, 15) is 4.79 Å². The quantitative estimate of drug-likeness (QED) is 0.766. The predicted molar refractivity (Wildman–Crippen MR) is 56.8 cm³/mol. The van der Waals surface area contributed by atoms with Crippen LogP contribution in [0.1, 0.15) is 39.0 Å². The smallest absolute Gasteiger partial charge is 0.234 e. The van der Waals surface area contributed by atoms with Gasteiger partial charge in [-0.3, -0.25) is 4.79 Å². The van der Waals surface area contributed by atoms with E-state index < -0.39 is 0 Å². The van der Waals surface area contributed by atoms with Crippen LogP contribution in [0.25, 0.3) is 0 Å². The third-order valence-electron chi connectivity index (χ3n) is 4.06. The maximum absolute atomic E-state index is 11.3. The Morgan fingerprint density at radius 3 is 2.87 bits per heavy atom. The van der Waals surface area contributed by atoms with Gasteiger partial charge in [-0.15, -0.1) is 0 Å². The Labute approximate surface area is 90.8 Å². The number of nitriles is 1. The molecule has 0 radical (unpaired) electrons. The number of fused-ring (bicyclic) bond motifs is 2. The number of hydrogen-bond donors (Lipinski definition) is 1. The zero-order valence-electron chi connectivity index (χ0n) is 9.20. The highest BCUT2D eigenvalue weighted by Gasteiger charge is 2.41. The Balaban J connectivity index is 1.84. The number of carbonyl (C=O) groups excluding carboxylic acids is 1. The molecule has 0 aromatic heterocycles. The van der Waals surface area contributed by atoms with Gasteiger partial charge in [-0.2, -0.15) is 5.26 Å². The first kappa shape index (κ1) is 10.5. The number of nitrogens with zero attached hydrogens (tertiary/aromatic N) is 1. The molecular formula is C12H18N2O. The molecule has 2 rings (SSSR count). The van der Waals surface area contributed by atoms with Crippen molar-refractivity contribution in [2.75, 3.05) is 0 Å². The molecule has 0 heterocycles. The molecule has 15 heavy (non-hydrogen) atoms. The van der Waals surface area contributed by atoms with Crippen molar-refractivity contribution in [1.82, 2.24) is 5.32 Å². The molecule has 2 aliphatic carbocycles. The lowest BCUT2D eigenvalue weighted by atomic mass is 9.84. The summed E-state index contributed by atoms with van der Waals surface area (Å²) in [7, 11) is 0. The first-order chi connectivity index (χ1) is 7.20. The number of hydrogen-bond acceptors (Lipinski definition) is 2. The molecule has 0 saturated heterocycles. The Bertz CT molecular complexity index is 294. The van der Waals surface area contributed by atoms with Gasteiger partial charge >= 0.3 is 0 Å². The summed E-state index contributed by atoms with van der Waals surface area (Å²) in [5, 5.41) is 11.4. The molecule has 2 saturated carbocycles. The van der Waals surface area contributed by atoms with Crippen LogP contribution in [-0.2, 0) is 4.79 Å². The third-order valence-corrected chi connectivity index (χ3v) is 4.06. The Hall–Kier alpha value is -1.04. The van der Waals surface area contributed by atoms with Gasteiger partial charge in [0, 0.05) is 6.04 Å². The van der Waals surface area contributed by atoms with Crippen LogP contribution < -0.4 is 5.32 Å². The maximum Gasteiger partial charge on any atom is 0.234 e. The van der Waals surface area contributed by atoms with Gasteiger partial charge in [0.2, 0.25) is 5.91 Å². The number of amides is 1. The standard InChI is InChI=1S/C12H18N2O/c1-8(14-12(15)4-5-13)11-7-9-2-3-10(11)6-9/h8-11H,2-4,6-7H2,1H3,(H,14,15)/t8-,9-,10-,11+/m0/s1. The van der Waals surface area contributed by atoms with Gasteiger partial charge in [-0.1, -0.05) is 6.42 Å². The fourth-order valence-corrected chi connectivity index (χ4v) is 3.39. The summed E-state index contributed by atoms with van der Waals surface area (Å²) in [5.41, 5.74) is 0. The normalized spacial score (nSPS) is 34.8. The van der Waals surface area contributed by atoms with Crippen molar-refractivity contribution in [2.45, 2.75) is 45.1 Å². The molecule has 0 aromatic rings. The second kappa shape index (κ2) is 4.22. The largest absolute Gasteiger partial charge is 0.352 e. The SMILES string of the molecule is C[C@H](NC(=O)CC#N)[C@H]1C[C@H]2CC[C@H]1C2. The fourth-order valence-electron chi connectivity index (χ4n) is 3.39. The van der Waals surface area contributed by atoms with Crippen LogP contribution in [0.5, 0.6) is 0 Å². The van der Waals surface area contributed by atoms with Crippen molar-refractivity contribution in [3.8, 4) is 6.07 Å². The van der Waals surface area contributed by atoms with Crippen LogP contribution in [-0.4, -0.2) is 11.9 Å². The van der Waals surface area contributed by atoms with Crippen LogP contribution in [0, 0.1) is 29.1 Å². The highest BCUT2D eigenvalue weighted by atomic mass is 16.1. The van der Waals surface area contributed by atoms with E-state index in [1.807, 2.05) is 6.07 Å². The number of rotatable bonds is 3. The van der Waals surface area contributed by atoms with Crippen molar-refractivity contribution in [3.63, 3.8) is 0 Å². The topological polar surface area (TPSA) is 52.9 Å². The molecule has 1 N–H and O–H groups in total. The van der Waals surface area contributed by atoms with Crippen LogP contribution in [0.15, 0.2) is 0 Å². The van der Waals surface area contributed by atoms with Gasteiger partial charge in [0.05, 0.1) is 6.07 Å². The summed E-state index contributed by atoms with van der Waals surface area (Å²) in [6, 6.07) is 2.14. The van der Waals surface area contributed by atoms with Crippen LogP contribution in [0.2, 0.25) is 0 Å². The predicted octanol–water partition coefficient (Wildman–Crippen LogP) is 1.84. The summed E-state index contributed by atoms with van der Waals surface area (Å²) in [6.07, 6.45) is 5.36. The molecule has 1 amide bonds. The summed E-state index contributed by atoms with van der Waals surface area (Å²) < 4.78 is 0. The first-order valence-electron chi connectivity index (χ1n) is 5.87. The van der Waals surface area contributed by atoms with E-state index in [1.165, 1.54) is 25.7 Å². The van der Waals surface area contributed by atoms with Gasteiger partial charge in [0.15, 0.2) is 0 Å². The van der Waals surface area contributed by atoms with E-state index in [2.05, 4.69) is 12.2 Å². The van der Waals surface area contributed by atoms with Gasteiger partial charge in [-0.25, -0.2) is 0 Å². The lowest BCUT2D eigenvalue weighted by Gasteiger charge is -2.28. The lowest BCUT2D eigenvalue weighted by molar-refractivity contribution is -0.121. The van der Waals surface area contributed by atoms with Gasteiger partial charge in [0.1, 0.15) is 6.42 Å². The molecule has 82 valence electrons. The molecule has 0 spiro atoms. The monoisotopic (exact) mass is 206 g/mol. The molecular weight excluding hydrogens is 188 g/mol. The van der Waals surface area contributed by atoms with Crippen molar-refractivity contribution in [1.29, 1.82) is 5.26 Å². The molecule has 0 aromatic carbocycles. The van der Waals surface area contributed by atoms with Crippen molar-refractivity contribution < 1.29 is 4.79 Å². The Kier molecular flexibility index (Phi) is 2.95. The molecule has 0 unspecified atom stereocenters. The molecule has 2 fully saturated rings. The Morgan fingerprint density at radius 1 is 1.53 bits per heavy atom. The van der Waals surface area contributed by atoms with E-state index in [0.29, 0.717) is 5.92 Å². The zero-order valence-corrected chi connectivity index (χ0v) is 9.20. The second-order valence-corrected chi connectivity index (χ2v) is 5.03. The average Bonchev–Trinajstić information content (AvgIpc) is 2.78. The first-order valence-corrected chi connectivity index (χ1v) is 5.87. The molecule has 3 heteroatoms. The molecule has 0 aliphatic heterocycles. The van der Waals surface area contributed by atoms with Gasteiger partial charge in [-0.05, 0) is 43.9 Å². The second-order valence-electron chi connectivity index (χ2n) is 5.03. The van der Waals surface area contributed by atoms with E-state index in [0.717, 1.165) is 11.8 Å². The summed E-state index contributed by atoms with van der Waals surface area (Å²) >= 11 is 0. The van der Waals surface area contributed by atoms with Crippen molar-refractivity contribution >= 4 is 5.91 Å². The molecule has 3 nitrogen and oxygen atoms in total. The minimum atomic E-state index is -0.118. The highest BCUT2D eigenvalue weighted by Crippen LogP contribution is 2.49. The summed E-state index contributed by atoms with van der Waals surface area (Å²) in [5.74, 6) is 2.28. The molecule has 4 atom stereocenters. The summed E-state index contributed by atoms with van der Waals surface area (Å²) in [6.45, 7) is 2.08. The van der Waals surface area contributed by atoms with Gasteiger partial charge < -0.3 is 5.32 Å². The van der Waals surface area contributed by atoms with Crippen molar-refractivity contribution in [3.05, 3.63) is 0 Å². The highest BCUT2D eigenvalue weighted by molar-refractivity contribution is 5.78. The van der Waals surface area contributed by atoms with Crippen LogP contribution in [0.3, 0.4) is 0 Å². The average molecular weight is 206 g/mol. The van der Waals surface area contributed by atoms with Crippen molar-refractivity contribution in [2.24, 2.45) is 17.8 Å². The lowest BCUT2D eigenvalue weighted by Crippen LogP contribution is -2.39. The zero-order chi connectivity index (χ0) is 10.8. The minimum absolute atomic E-state index is 0.00877. The minimum Gasteiger partial charge on any atom is -0.352 e. The fraction of sp³-hybridized carbons (Fsp3) is 0.833. The molecule has 2 aliphatic rings. The van der Waals surface area contributed by atoms with Crippen LogP contribution >= 0.6 is 0 Å². The van der Waals surface area contributed by atoms with E-state index in [1.54, 1.807) is 0 Å². The maximum atomic E-state index is 11.3. The molecule has 2 bridgehead atoms. The van der Waals surface area contributed by atoms with Crippen LogP contribution in [0.4, 0.5) is 0 Å². The van der Waals surface area contributed by atoms with Gasteiger partial charge in [0.25, 0.3) is 0 Å². The number of nitrogens with one attached hydrogen (secondary N) is 1. The summed E-state index contributed by atoms with van der Waals surface area (Å²) in [4.78, 5) is 11.3. The van der Waals surface area contributed by atoms with E-state index >= 15 is 0 Å². The Morgan fingerprint density at radius 2 is 2.33 bits per heavy atom. The third kappa shape index (κ3) is 2.14. The van der Waals surface area contributed by atoms with E-state index in [-0.39, 0.29) is 18.4 Å². The van der Waals surface area contributed by atoms with E-state index in [4.69, 9.17) is 5.26 Å². The number of carbonyl (C=O) groups is 1.